The van der Waals surface area contributed by atoms with E-state index < -0.39 is 0 Å². The summed E-state index contributed by atoms with van der Waals surface area (Å²) in [5.74, 6) is 0.762. The lowest BCUT2D eigenvalue weighted by Crippen LogP contribution is -2.17. The summed E-state index contributed by atoms with van der Waals surface area (Å²) in [6.07, 6.45) is 31.8. The van der Waals surface area contributed by atoms with Gasteiger partial charge >= 0.3 is 0 Å². The standard InChI is InChI=1S/C32H58/c1-7-10-12-14-15-16-17-18-20-24-32(6,23-9-3)25-22-30-26-28(4)31(29(5)27-30)21-19-13-11-8-2/h15-16,26,29H,7-14,17-25,27H2,1-6H3/b16-15+. The minimum Gasteiger partial charge on any atom is -0.0885 e. The lowest BCUT2D eigenvalue weighted by Gasteiger charge is -2.32. The first kappa shape index (κ1) is 29.3. The maximum atomic E-state index is 2.58. The zero-order chi connectivity index (χ0) is 23.7. The molecule has 32 heavy (non-hydrogen) atoms. The van der Waals surface area contributed by atoms with Gasteiger partial charge in [0.25, 0.3) is 0 Å². The Morgan fingerprint density at radius 3 is 2.06 bits per heavy atom. The summed E-state index contributed by atoms with van der Waals surface area (Å²) in [6, 6.07) is 0. The highest BCUT2D eigenvalue weighted by Gasteiger charge is 2.25. The number of rotatable bonds is 19. The molecule has 0 heteroatoms. The van der Waals surface area contributed by atoms with Crippen LogP contribution in [0.5, 0.6) is 0 Å². The molecule has 186 valence electrons. The van der Waals surface area contributed by atoms with Crippen LogP contribution >= 0.6 is 0 Å². The highest BCUT2D eigenvalue weighted by Crippen LogP contribution is 2.40. The molecule has 0 nitrogen and oxygen atoms in total. The molecule has 0 radical (unpaired) electrons. The fraction of sp³-hybridized carbons (Fsp3) is 0.812. The lowest BCUT2D eigenvalue weighted by atomic mass is 9.74. The van der Waals surface area contributed by atoms with Gasteiger partial charge < -0.3 is 0 Å². The molecule has 1 rings (SSSR count). The molecule has 0 N–H and O–H groups in total. The van der Waals surface area contributed by atoms with Gasteiger partial charge in [0.05, 0.1) is 0 Å². The normalized spacial score (nSPS) is 18.9. The Morgan fingerprint density at radius 1 is 0.781 bits per heavy atom. The monoisotopic (exact) mass is 442 g/mol. The summed E-state index contributed by atoms with van der Waals surface area (Å²) in [5.41, 5.74) is 5.61. The summed E-state index contributed by atoms with van der Waals surface area (Å²) in [4.78, 5) is 0. The minimum atomic E-state index is 0.529. The maximum Gasteiger partial charge on any atom is -0.0189 e. The number of hydrogen-bond donors (Lipinski definition) is 0. The van der Waals surface area contributed by atoms with Gasteiger partial charge in [-0.2, -0.15) is 0 Å². The van der Waals surface area contributed by atoms with Crippen LogP contribution in [-0.2, 0) is 0 Å². The molecule has 0 aromatic heterocycles. The van der Waals surface area contributed by atoms with Crippen molar-refractivity contribution in [1.82, 2.24) is 0 Å². The molecule has 0 aromatic rings. The van der Waals surface area contributed by atoms with Crippen molar-refractivity contribution in [3.05, 3.63) is 34.9 Å². The number of unbranched alkanes of at least 4 members (excludes halogenated alkanes) is 8. The molecule has 0 bridgehead atoms. The molecule has 0 saturated heterocycles. The van der Waals surface area contributed by atoms with Crippen LogP contribution in [0.3, 0.4) is 0 Å². The molecule has 0 aromatic carbocycles. The predicted octanol–water partition coefficient (Wildman–Crippen LogP) is 11.5. The molecule has 2 atom stereocenters. The molecule has 2 unspecified atom stereocenters. The second kappa shape index (κ2) is 17.7. The third-order valence-electron chi connectivity index (χ3n) is 7.84. The van der Waals surface area contributed by atoms with E-state index >= 15 is 0 Å². The molecule has 0 fully saturated rings. The molecule has 0 amide bonds. The Labute approximate surface area is 203 Å². The Morgan fingerprint density at radius 2 is 1.44 bits per heavy atom. The largest absolute Gasteiger partial charge is 0.0885 e. The highest BCUT2D eigenvalue weighted by molar-refractivity contribution is 5.34. The zero-order valence-electron chi connectivity index (χ0n) is 23.0. The van der Waals surface area contributed by atoms with Gasteiger partial charge in [-0.1, -0.05) is 115 Å². The van der Waals surface area contributed by atoms with E-state index in [-0.39, 0.29) is 0 Å². The molecule has 0 aliphatic heterocycles. The van der Waals surface area contributed by atoms with E-state index in [4.69, 9.17) is 0 Å². The smallest absolute Gasteiger partial charge is 0.0189 e. The average Bonchev–Trinajstić information content (AvgIpc) is 2.76. The van der Waals surface area contributed by atoms with Crippen molar-refractivity contribution in [3.8, 4) is 0 Å². The van der Waals surface area contributed by atoms with Crippen LogP contribution in [0.1, 0.15) is 157 Å². The van der Waals surface area contributed by atoms with Crippen molar-refractivity contribution < 1.29 is 0 Å². The Bertz CT molecular complexity index is 561. The van der Waals surface area contributed by atoms with Gasteiger partial charge in [-0.05, 0) is 88.9 Å². The fourth-order valence-corrected chi connectivity index (χ4v) is 5.73. The van der Waals surface area contributed by atoms with Gasteiger partial charge in [0.15, 0.2) is 0 Å². The topological polar surface area (TPSA) is 0 Å². The lowest BCUT2D eigenvalue weighted by molar-refractivity contribution is 0.237. The van der Waals surface area contributed by atoms with Crippen LogP contribution < -0.4 is 0 Å². The molecule has 0 spiro atoms. The van der Waals surface area contributed by atoms with Crippen LogP contribution in [0.2, 0.25) is 0 Å². The average molecular weight is 443 g/mol. The van der Waals surface area contributed by atoms with Crippen molar-refractivity contribution in [1.29, 1.82) is 0 Å². The fourth-order valence-electron chi connectivity index (χ4n) is 5.73. The van der Waals surface area contributed by atoms with Crippen LogP contribution in [0, 0.1) is 11.3 Å². The predicted molar refractivity (Wildman–Crippen MR) is 147 cm³/mol. The second-order valence-electron chi connectivity index (χ2n) is 11.2. The van der Waals surface area contributed by atoms with Crippen LogP contribution in [0.4, 0.5) is 0 Å². The van der Waals surface area contributed by atoms with Crippen molar-refractivity contribution in [2.24, 2.45) is 11.3 Å². The second-order valence-corrected chi connectivity index (χ2v) is 11.2. The summed E-state index contributed by atoms with van der Waals surface area (Å²) < 4.78 is 0. The van der Waals surface area contributed by atoms with Crippen LogP contribution in [0.25, 0.3) is 0 Å². The summed E-state index contributed by atoms with van der Waals surface area (Å²) in [5, 5.41) is 0. The van der Waals surface area contributed by atoms with Crippen LogP contribution in [0.15, 0.2) is 34.9 Å². The Kier molecular flexibility index (Phi) is 16.1. The molecule has 0 heterocycles. The van der Waals surface area contributed by atoms with E-state index in [0.29, 0.717) is 5.41 Å². The van der Waals surface area contributed by atoms with Crippen LogP contribution in [-0.4, -0.2) is 0 Å². The first-order valence-corrected chi connectivity index (χ1v) is 14.5. The Balaban J connectivity index is 2.46. The maximum absolute atomic E-state index is 2.58. The molecule has 1 aliphatic rings. The first-order chi connectivity index (χ1) is 15.5. The third-order valence-corrected chi connectivity index (χ3v) is 7.84. The van der Waals surface area contributed by atoms with Crippen molar-refractivity contribution in [2.75, 3.05) is 0 Å². The Hall–Kier alpha value is -0.780. The van der Waals surface area contributed by atoms with E-state index in [1.54, 1.807) is 16.7 Å². The first-order valence-electron chi connectivity index (χ1n) is 14.5. The van der Waals surface area contributed by atoms with Gasteiger partial charge in [0.2, 0.25) is 0 Å². The van der Waals surface area contributed by atoms with E-state index in [2.05, 4.69) is 59.8 Å². The van der Waals surface area contributed by atoms with Crippen molar-refractivity contribution in [3.63, 3.8) is 0 Å². The van der Waals surface area contributed by atoms with Gasteiger partial charge in [-0.3, -0.25) is 0 Å². The van der Waals surface area contributed by atoms with Gasteiger partial charge in [0, 0.05) is 0 Å². The van der Waals surface area contributed by atoms with E-state index in [0.717, 1.165) is 5.92 Å². The van der Waals surface area contributed by atoms with E-state index in [1.165, 1.54) is 116 Å². The van der Waals surface area contributed by atoms with E-state index in [9.17, 15) is 0 Å². The SMILES string of the molecule is CCCCC/C=C/CCCCC(C)(CCC)CCC1=CC(C)=C(CCCCCC)C(C)C1. The quantitative estimate of drug-likeness (QED) is 0.138. The summed E-state index contributed by atoms with van der Waals surface area (Å²) in [7, 11) is 0. The summed E-state index contributed by atoms with van der Waals surface area (Å²) >= 11 is 0. The van der Waals surface area contributed by atoms with Gasteiger partial charge in [-0.15, -0.1) is 0 Å². The van der Waals surface area contributed by atoms with E-state index in [1.807, 2.05) is 0 Å². The highest BCUT2D eigenvalue weighted by atomic mass is 14.3. The number of hydrogen-bond acceptors (Lipinski definition) is 0. The van der Waals surface area contributed by atoms with Crippen molar-refractivity contribution >= 4 is 0 Å². The summed E-state index contributed by atoms with van der Waals surface area (Å²) in [6.45, 7) is 14.4. The zero-order valence-corrected chi connectivity index (χ0v) is 23.0. The molecular weight excluding hydrogens is 384 g/mol. The molecular formula is C32H58. The van der Waals surface area contributed by atoms with Gasteiger partial charge in [0.1, 0.15) is 0 Å². The molecule has 0 saturated carbocycles. The molecule has 1 aliphatic carbocycles. The minimum absolute atomic E-state index is 0.529. The van der Waals surface area contributed by atoms with Gasteiger partial charge in [-0.25, -0.2) is 0 Å². The number of allylic oxidation sites excluding steroid dienone is 6. The third kappa shape index (κ3) is 12.5. The van der Waals surface area contributed by atoms with Crippen molar-refractivity contribution in [2.45, 2.75) is 157 Å².